The Bertz CT molecular complexity index is 1110. The van der Waals surface area contributed by atoms with E-state index in [-0.39, 0.29) is 18.2 Å². The minimum atomic E-state index is -0.789. The average Bonchev–Trinajstić information content (AvgIpc) is 3.27. The van der Waals surface area contributed by atoms with Crippen molar-refractivity contribution in [2.75, 3.05) is 24.9 Å². The van der Waals surface area contributed by atoms with Crippen LogP contribution in [-0.2, 0) is 9.59 Å². The molecule has 1 aliphatic rings. The monoisotopic (exact) mass is 407 g/mol. The minimum absolute atomic E-state index is 0.101. The van der Waals surface area contributed by atoms with Gasteiger partial charge in [0.05, 0.1) is 26.3 Å². The van der Waals surface area contributed by atoms with E-state index in [9.17, 15) is 9.59 Å². The average molecular weight is 407 g/mol. The van der Waals surface area contributed by atoms with Crippen molar-refractivity contribution in [2.45, 2.75) is 19.4 Å². The van der Waals surface area contributed by atoms with Gasteiger partial charge in [0.15, 0.2) is 5.82 Å². The van der Waals surface area contributed by atoms with Crippen molar-refractivity contribution in [1.29, 1.82) is 0 Å². The number of aryl methyl sites for hydroxylation is 1. The molecule has 1 aliphatic heterocycles. The van der Waals surface area contributed by atoms with Crippen molar-refractivity contribution >= 4 is 23.5 Å². The van der Waals surface area contributed by atoms with Crippen LogP contribution < -0.4 is 20.1 Å². The van der Waals surface area contributed by atoms with Crippen LogP contribution in [0.2, 0.25) is 0 Å². The molecule has 0 saturated carbocycles. The Morgan fingerprint density at radius 1 is 1.17 bits per heavy atom. The lowest BCUT2D eigenvalue weighted by atomic mass is 10.1. The van der Waals surface area contributed by atoms with Gasteiger partial charge in [0, 0.05) is 11.6 Å². The van der Waals surface area contributed by atoms with Gasteiger partial charge in [0.2, 0.25) is 11.9 Å². The standard InChI is InChI=1S/C21H21N5O4/c1-12-4-6-13(7-5-12)19-23-21-24-20(28)16(26(21)25-19)11-18(27)22-15-10-14(29-2)8-9-17(15)30-3/h4-10,16H,11H2,1-3H3,(H,22,27)(H,23,24,25,28). The van der Waals surface area contributed by atoms with Crippen molar-refractivity contribution in [3.05, 3.63) is 48.0 Å². The zero-order valence-corrected chi connectivity index (χ0v) is 16.8. The van der Waals surface area contributed by atoms with Crippen molar-refractivity contribution in [2.24, 2.45) is 0 Å². The first-order chi connectivity index (χ1) is 14.5. The number of carbonyl (C=O) groups excluding carboxylic acids is 2. The molecule has 0 aliphatic carbocycles. The van der Waals surface area contributed by atoms with E-state index in [1.807, 2.05) is 31.2 Å². The first-order valence-electron chi connectivity index (χ1n) is 9.35. The molecule has 1 atom stereocenters. The van der Waals surface area contributed by atoms with Gasteiger partial charge in [-0.05, 0) is 19.1 Å². The second-order valence-corrected chi connectivity index (χ2v) is 6.89. The lowest BCUT2D eigenvalue weighted by Crippen LogP contribution is -2.24. The van der Waals surface area contributed by atoms with Crippen molar-refractivity contribution in [3.8, 4) is 22.9 Å². The van der Waals surface area contributed by atoms with Crippen LogP contribution in [0.5, 0.6) is 11.5 Å². The number of rotatable bonds is 6. The number of fused-ring (bicyclic) bond motifs is 1. The van der Waals surface area contributed by atoms with Crippen LogP contribution in [-0.4, -0.2) is 40.8 Å². The number of nitrogens with zero attached hydrogens (tertiary/aromatic N) is 3. The molecule has 1 unspecified atom stereocenters. The number of hydrogen-bond donors (Lipinski definition) is 2. The number of anilines is 2. The molecule has 2 amide bonds. The van der Waals surface area contributed by atoms with Gasteiger partial charge in [-0.1, -0.05) is 29.8 Å². The van der Waals surface area contributed by atoms with Crippen LogP contribution in [0.1, 0.15) is 18.0 Å². The molecule has 30 heavy (non-hydrogen) atoms. The molecule has 3 aromatic rings. The fourth-order valence-corrected chi connectivity index (χ4v) is 3.22. The maximum atomic E-state index is 12.7. The Morgan fingerprint density at radius 2 is 1.93 bits per heavy atom. The van der Waals surface area contributed by atoms with E-state index in [2.05, 4.69) is 20.7 Å². The second-order valence-electron chi connectivity index (χ2n) is 6.89. The summed E-state index contributed by atoms with van der Waals surface area (Å²) in [6.07, 6.45) is -0.101. The number of ether oxygens (including phenoxy) is 2. The number of amides is 2. The molecule has 9 heteroatoms. The maximum absolute atomic E-state index is 12.7. The molecule has 9 nitrogen and oxygen atoms in total. The molecule has 1 aromatic heterocycles. The first-order valence-corrected chi connectivity index (χ1v) is 9.35. The smallest absolute Gasteiger partial charge is 0.252 e. The number of methoxy groups -OCH3 is 2. The van der Waals surface area contributed by atoms with Crippen LogP contribution in [0.15, 0.2) is 42.5 Å². The van der Waals surface area contributed by atoms with E-state index in [1.54, 1.807) is 18.2 Å². The third-order valence-electron chi connectivity index (χ3n) is 4.83. The number of carbonyl (C=O) groups is 2. The Hall–Kier alpha value is -3.88. The van der Waals surface area contributed by atoms with E-state index in [4.69, 9.17) is 9.47 Å². The molecule has 154 valence electrons. The minimum Gasteiger partial charge on any atom is -0.497 e. The van der Waals surface area contributed by atoms with Crippen LogP contribution in [0.4, 0.5) is 11.6 Å². The lowest BCUT2D eigenvalue weighted by Gasteiger charge is -2.13. The largest absolute Gasteiger partial charge is 0.497 e. The van der Waals surface area contributed by atoms with Gasteiger partial charge in [-0.25, -0.2) is 4.68 Å². The zero-order valence-electron chi connectivity index (χ0n) is 16.8. The normalized spacial score (nSPS) is 14.8. The number of aromatic nitrogens is 3. The van der Waals surface area contributed by atoms with Crippen molar-refractivity contribution in [1.82, 2.24) is 14.8 Å². The molecule has 0 fully saturated rings. The summed E-state index contributed by atoms with van der Waals surface area (Å²) < 4.78 is 11.9. The van der Waals surface area contributed by atoms with E-state index in [1.165, 1.54) is 18.9 Å². The highest BCUT2D eigenvalue weighted by atomic mass is 16.5. The van der Waals surface area contributed by atoms with Gasteiger partial charge in [0.1, 0.15) is 17.5 Å². The second kappa shape index (κ2) is 7.86. The summed E-state index contributed by atoms with van der Waals surface area (Å²) in [6, 6.07) is 12.1. The Balaban J connectivity index is 1.53. The molecule has 2 aromatic carbocycles. The zero-order chi connectivity index (χ0) is 21.3. The Labute approximate surface area is 173 Å². The fraction of sp³-hybridized carbons (Fsp3) is 0.238. The molecular weight excluding hydrogens is 386 g/mol. The third-order valence-corrected chi connectivity index (χ3v) is 4.83. The lowest BCUT2D eigenvalue weighted by molar-refractivity contribution is -0.123. The van der Waals surface area contributed by atoms with E-state index >= 15 is 0 Å². The maximum Gasteiger partial charge on any atom is 0.252 e. The molecule has 4 rings (SSSR count). The van der Waals surface area contributed by atoms with E-state index in [0.717, 1.165) is 11.1 Å². The Kier molecular flexibility index (Phi) is 5.09. The highest BCUT2D eigenvalue weighted by Crippen LogP contribution is 2.31. The number of hydrogen-bond acceptors (Lipinski definition) is 6. The van der Waals surface area contributed by atoms with Gasteiger partial charge in [-0.3, -0.25) is 14.9 Å². The van der Waals surface area contributed by atoms with E-state index in [0.29, 0.717) is 29.0 Å². The molecule has 0 bridgehead atoms. The van der Waals surface area contributed by atoms with Crippen LogP contribution >= 0.6 is 0 Å². The fourth-order valence-electron chi connectivity index (χ4n) is 3.22. The van der Waals surface area contributed by atoms with E-state index < -0.39 is 6.04 Å². The van der Waals surface area contributed by atoms with Gasteiger partial charge in [-0.15, -0.1) is 5.10 Å². The summed E-state index contributed by atoms with van der Waals surface area (Å²) >= 11 is 0. The van der Waals surface area contributed by atoms with Crippen LogP contribution in [0.3, 0.4) is 0 Å². The molecular formula is C21H21N5O4. The highest BCUT2D eigenvalue weighted by molar-refractivity contribution is 6.01. The number of nitrogens with one attached hydrogen (secondary N) is 2. The molecule has 2 heterocycles. The SMILES string of the molecule is COc1ccc(OC)c(NC(=O)CC2C(=O)Nc3nc(-c4ccc(C)cc4)nn32)c1. The summed E-state index contributed by atoms with van der Waals surface area (Å²) in [7, 11) is 3.05. The van der Waals surface area contributed by atoms with Crippen LogP contribution in [0.25, 0.3) is 11.4 Å². The molecule has 0 spiro atoms. The van der Waals surface area contributed by atoms with Gasteiger partial charge in [0.25, 0.3) is 5.91 Å². The third kappa shape index (κ3) is 3.69. The highest BCUT2D eigenvalue weighted by Gasteiger charge is 2.35. The predicted octanol–water partition coefficient (Wildman–Crippen LogP) is 2.79. The Morgan fingerprint density at radius 3 is 2.63 bits per heavy atom. The number of benzene rings is 2. The molecule has 0 radical (unpaired) electrons. The summed E-state index contributed by atoms with van der Waals surface area (Å²) in [5.41, 5.74) is 2.42. The first kappa shape index (κ1) is 19.4. The topological polar surface area (TPSA) is 107 Å². The van der Waals surface area contributed by atoms with Crippen molar-refractivity contribution in [3.63, 3.8) is 0 Å². The summed E-state index contributed by atoms with van der Waals surface area (Å²) in [6.45, 7) is 2.00. The van der Waals surface area contributed by atoms with Crippen LogP contribution in [0, 0.1) is 6.92 Å². The quantitative estimate of drug-likeness (QED) is 0.651. The van der Waals surface area contributed by atoms with Gasteiger partial charge in [-0.2, -0.15) is 4.98 Å². The summed E-state index contributed by atoms with van der Waals surface area (Å²) in [5.74, 6) is 1.20. The molecule has 0 saturated heterocycles. The van der Waals surface area contributed by atoms with Gasteiger partial charge < -0.3 is 14.8 Å². The summed E-state index contributed by atoms with van der Waals surface area (Å²) in [5, 5.41) is 9.90. The predicted molar refractivity (Wildman–Crippen MR) is 111 cm³/mol. The summed E-state index contributed by atoms with van der Waals surface area (Å²) in [4.78, 5) is 29.4. The molecule has 2 N–H and O–H groups in total. The van der Waals surface area contributed by atoms with Crippen molar-refractivity contribution < 1.29 is 19.1 Å². The van der Waals surface area contributed by atoms with Gasteiger partial charge >= 0.3 is 0 Å².